The largest absolute Gasteiger partial charge is 0.295 e. The lowest BCUT2D eigenvalue weighted by atomic mass is 10.0. The van der Waals surface area contributed by atoms with E-state index in [4.69, 9.17) is 0 Å². The first-order valence-corrected chi connectivity index (χ1v) is 11.9. The van der Waals surface area contributed by atoms with Gasteiger partial charge in [-0.1, -0.05) is 152 Å². The average Bonchev–Trinajstić information content (AvgIpc) is 2.99. The van der Waals surface area contributed by atoms with Gasteiger partial charge in [-0.25, -0.2) is 0 Å². The van der Waals surface area contributed by atoms with Gasteiger partial charge in [0.25, 0.3) is 0 Å². The van der Waals surface area contributed by atoms with E-state index in [2.05, 4.69) is 0 Å². The van der Waals surface area contributed by atoms with Gasteiger partial charge < -0.3 is 0 Å². The summed E-state index contributed by atoms with van der Waals surface area (Å²) < 4.78 is 0. The normalized spacial score (nSPS) is 9.54. The Morgan fingerprint density at radius 2 is 0.514 bits per heavy atom. The van der Waals surface area contributed by atoms with E-state index in [9.17, 15) is 14.4 Å². The Morgan fingerprint density at radius 1 is 0.324 bits per heavy atom. The molecule has 0 N–H and O–H groups in total. The SMILES string of the molecule is CC(=O)c1ccccc1.O=C(c1ccccc1)c1ccccc1.O=C(c1ccccc1)c1ccccc1. The van der Waals surface area contributed by atoms with Crippen molar-refractivity contribution in [3.05, 3.63) is 179 Å². The molecule has 3 nitrogen and oxygen atoms in total. The van der Waals surface area contributed by atoms with Crippen molar-refractivity contribution >= 4 is 17.3 Å². The molecule has 0 radical (unpaired) electrons. The third kappa shape index (κ3) is 8.68. The molecular formula is C34H28O3. The van der Waals surface area contributed by atoms with E-state index in [1.807, 2.05) is 152 Å². The molecule has 3 heteroatoms. The van der Waals surface area contributed by atoms with E-state index < -0.39 is 0 Å². The molecule has 0 saturated heterocycles. The first-order chi connectivity index (χ1) is 18.1. The second kappa shape index (κ2) is 14.5. The summed E-state index contributed by atoms with van der Waals surface area (Å²) in [6.07, 6.45) is 0. The van der Waals surface area contributed by atoms with E-state index in [1.54, 1.807) is 6.92 Å². The number of carbonyl (C=O) groups excluding carboxylic acids is 3. The Kier molecular flexibility index (Phi) is 10.5. The Hall–Kier alpha value is -4.89. The third-order valence-electron chi connectivity index (χ3n) is 5.32. The minimum atomic E-state index is 0.0752. The van der Waals surface area contributed by atoms with Crippen molar-refractivity contribution in [3.8, 4) is 0 Å². The summed E-state index contributed by atoms with van der Waals surface area (Å²) in [5.74, 6) is 0.271. The van der Waals surface area contributed by atoms with Crippen LogP contribution in [0, 0.1) is 0 Å². The first-order valence-electron chi connectivity index (χ1n) is 11.9. The maximum Gasteiger partial charge on any atom is 0.193 e. The molecule has 5 aromatic rings. The molecule has 0 saturated carbocycles. The fourth-order valence-electron chi connectivity index (χ4n) is 3.36. The van der Waals surface area contributed by atoms with Gasteiger partial charge in [-0.15, -0.1) is 0 Å². The minimum absolute atomic E-state index is 0.0752. The average molecular weight is 485 g/mol. The summed E-state index contributed by atoms with van der Waals surface area (Å²) in [5, 5.41) is 0. The van der Waals surface area contributed by atoms with Gasteiger partial charge in [-0.3, -0.25) is 14.4 Å². The molecule has 37 heavy (non-hydrogen) atoms. The van der Waals surface area contributed by atoms with Gasteiger partial charge in [0.2, 0.25) is 0 Å². The molecule has 0 aromatic heterocycles. The number of Topliss-reactive ketones (excluding diaryl/α,β-unsaturated/α-hetero) is 1. The quantitative estimate of drug-likeness (QED) is 0.240. The first kappa shape index (κ1) is 26.7. The number of ketones is 3. The van der Waals surface area contributed by atoms with Gasteiger partial charge in [0.05, 0.1) is 0 Å². The van der Waals surface area contributed by atoms with E-state index in [1.165, 1.54) is 0 Å². The summed E-state index contributed by atoms with van der Waals surface area (Å²) in [6.45, 7) is 1.56. The molecule has 0 amide bonds. The predicted octanol–water partition coefficient (Wildman–Crippen LogP) is 7.72. The van der Waals surface area contributed by atoms with E-state index in [-0.39, 0.29) is 17.3 Å². The van der Waals surface area contributed by atoms with Gasteiger partial charge >= 0.3 is 0 Å². The van der Waals surface area contributed by atoms with E-state index >= 15 is 0 Å². The van der Waals surface area contributed by atoms with Crippen LogP contribution < -0.4 is 0 Å². The lowest BCUT2D eigenvalue weighted by molar-refractivity contribution is 0.101. The van der Waals surface area contributed by atoms with Gasteiger partial charge in [0, 0.05) is 27.8 Å². The minimum Gasteiger partial charge on any atom is -0.295 e. The van der Waals surface area contributed by atoms with Crippen molar-refractivity contribution in [1.29, 1.82) is 0 Å². The molecule has 0 unspecified atom stereocenters. The van der Waals surface area contributed by atoms with Crippen LogP contribution in [0.4, 0.5) is 0 Å². The van der Waals surface area contributed by atoms with Crippen LogP contribution in [0.15, 0.2) is 152 Å². The van der Waals surface area contributed by atoms with Crippen molar-refractivity contribution in [3.63, 3.8) is 0 Å². The zero-order chi connectivity index (χ0) is 26.3. The lowest BCUT2D eigenvalue weighted by Crippen LogP contribution is -1.99. The van der Waals surface area contributed by atoms with Gasteiger partial charge in [-0.2, -0.15) is 0 Å². The van der Waals surface area contributed by atoms with Crippen molar-refractivity contribution in [2.75, 3.05) is 0 Å². The topological polar surface area (TPSA) is 51.2 Å². The molecule has 0 spiro atoms. The number of benzene rings is 5. The highest BCUT2D eigenvalue weighted by molar-refractivity contribution is 6.09. The van der Waals surface area contributed by atoms with E-state index in [0.717, 1.165) is 27.8 Å². The Labute approximate surface area is 218 Å². The van der Waals surface area contributed by atoms with Crippen LogP contribution in [0.1, 0.15) is 49.1 Å². The van der Waals surface area contributed by atoms with Crippen LogP contribution in [0.2, 0.25) is 0 Å². The lowest BCUT2D eigenvalue weighted by Gasteiger charge is -1.99. The summed E-state index contributed by atoms with van der Waals surface area (Å²) in [7, 11) is 0. The highest BCUT2D eigenvalue weighted by atomic mass is 16.1. The summed E-state index contributed by atoms with van der Waals surface area (Å²) >= 11 is 0. The van der Waals surface area contributed by atoms with Crippen LogP contribution in [-0.4, -0.2) is 17.3 Å². The molecule has 0 heterocycles. The maximum atomic E-state index is 11.8. The van der Waals surface area contributed by atoms with Gasteiger partial charge in [-0.05, 0) is 6.92 Å². The van der Waals surface area contributed by atoms with Gasteiger partial charge in [0.1, 0.15) is 0 Å². The summed E-state index contributed by atoms with van der Waals surface area (Å²) in [6, 6.07) is 46.4. The van der Waals surface area contributed by atoms with Crippen LogP contribution in [0.3, 0.4) is 0 Å². The zero-order valence-electron chi connectivity index (χ0n) is 20.7. The summed E-state index contributed by atoms with van der Waals surface area (Å²) in [4.78, 5) is 34.3. The molecule has 5 aromatic carbocycles. The van der Waals surface area contributed by atoms with Crippen molar-refractivity contribution < 1.29 is 14.4 Å². The van der Waals surface area contributed by atoms with Crippen molar-refractivity contribution in [1.82, 2.24) is 0 Å². The van der Waals surface area contributed by atoms with E-state index in [0.29, 0.717) is 0 Å². The molecular weight excluding hydrogens is 456 g/mol. The second-order valence-corrected chi connectivity index (χ2v) is 8.04. The second-order valence-electron chi connectivity index (χ2n) is 8.04. The predicted molar refractivity (Wildman–Crippen MR) is 149 cm³/mol. The molecule has 0 fully saturated rings. The van der Waals surface area contributed by atoms with Crippen LogP contribution >= 0.6 is 0 Å². The summed E-state index contributed by atoms with van der Waals surface area (Å²) in [5.41, 5.74) is 3.72. The van der Waals surface area contributed by atoms with Gasteiger partial charge in [0.15, 0.2) is 17.3 Å². The number of rotatable bonds is 5. The molecule has 5 rings (SSSR count). The van der Waals surface area contributed by atoms with Crippen LogP contribution in [0.5, 0.6) is 0 Å². The number of hydrogen-bond acceptors (Lipinski definition) is 3. The standard InChI is InChI=1S/2C13H10O.C8H8O/c2*14-13(11-7-3-1-4-8-11)12-9-5-2-6-10-12;1-7(9)8-5-3-2-4-6-8/h2*1-10H;2-6H,1H3. The highest BCUT2D eigenvalue weighted by Gasteiger charge is 2.07. The fourth-order valence-corrected chi connectivity index (χ4v) is 3.36. The molecule has 0 aliphatic carbocycles. The van der Waals surface area contributed by atoms with Crippen molar-refractivity contribution in [2.45, 2.75) is 6.92 Å². The number of carbonyl (C=O) groups is 3. The molecule has 0 aliphatic rings. The molecule has 0 aliphatic heterocycles. The fraction of sp³-hybridized carbons (Fsp3) is 0.0294. The molecule has 0 bridgehead atoms. The molecule has 0 atom stereocenters. The zero-order valence-corrected chi connectivity index (χ0v) is 20.7. The maximum absolute atomic E-state index is 11.8. The van der Waals surface area contributed by atoms with Crippen LogP contribution in [0.25, 0.3) is 0 Å². The Morgan fingerprint density at radius 3 is 0.676 bits per heavy atom. The third-order valence-corrected chi connectivity index (χ3v) is 5.32. The van der Waals surface area contributed by atoms with Crippen molar-refractivity contribution in [2.24, 2.45) is 0 Å². The Balaban J connectivity index is 0.000000159. The highest BCUT2D eigenvalue weighted by Crippen LogP contribution is 2.09. The number of hydrogen-bond donors (Lipinski definition) is 0. The molecule has 182 valence electrons. The van der Waals surface area contributed by atoms with Crippen LogP contribution in [-0.2, 0) is 0 Å². The monoisotopic (exact) mass is 484 g/mol. The smallest absolute Gasteiger partial charge is 0.193 e. The Bertz CT molecular complexity index is 1210.